The van der Waals surface area contributed by atoms with Gasteiger partial charge in [-0.3, -0.25) is 4.79 Å². The van der Waals surface area contributed by atoms with Crippen molar-refractivity contribution >= 4 is 27.7 Å². The summed E-state index contributed by atoms with van der Waals surface area (Å²) >= 11 is 3.15. The lowest BCUT2D eigenvalue weighted by Gasteiger charge is -2.11. The molecule has 0 bridgehead atoms. The first-order valence-corrected chi connectivity index (χ1v) is 6.38. The van der Waals surface area contributed by atoms with Gasteiger partial charge in [0, 0.05) is 20.3 Å². The van der Waals surface area contributed by atoms with Crippen LogP contribution in [0, 0.1) is 0 Å². The lowest BCUT2D eigenvalue weighted by Crippen LogP contribution is -2.24. The average molecular weight is 325 g/mol. The smallest absolute Gasteiger partial charge is 0.287 e. The molecule has 0 aliphatic rings. The van der Waals surface area contributed by atoms with Gasteiger partial charge in [0.2, 0.25) is 0 Å². The summed E-state index contributed by atoms with van der Waals surface area (Å²) in [4.78, 5) is 22.0. The molecule has 1 N–H and O–H groups in total. The Bertz CT molecular complexity index is 583. The van der Waals surface area contributed by atoms with Crippen LogP contribution in [-0.4, -0.2) is 30.0 Å². The maximum Gasteiger partial charge on any atom is 0.287 e. The molecular weight excluding hydrogens is 312 g/mol. The molecule has 0 aliphatic carbocycles. The van der Waals surface area contributed by atoms with Gasteiger partial charge in [0.25, 0.3) is 5.91 Å². The van der Waals surface area contributed by atoms with Gasteiger partial charge >= 0.3 is 0 Å². The largest absolute Gasteiger partial charge is 0.444 e. The number of nitrogens with zero attached hydrogens (tertiary/aromatic N) is 3. The molecule has 2 heterocycles. The lowest BCUT2D eigenvalue weighted by molar-refractivity contribution is 0.0921. The number of carbonyl (C=O) groups is 1. The fourth-order valence-corrected chi connectivity index (χ4v) is 1.71. The van der Waals surface area contributed by atoms with Crippen LogP contribution in [0.3, 0.4) is 0 Å². The number of amides is 1. The van der Waals surface area contributed by atoms with E-state index in [1.54, 1.807) is 24.4 Å². The van der Waals surface area contributed by atoms with Gasteiger partial charge < -0.3 is 14.6 Å². The topological polar surface area (TPSA) is 71.3 Å². The summed E-state index contributed by atoms with van der Waals surface area (Å²) in [5, 5.41) is 2.70. The predicted octanol–water partition coefficient (Wildman–Crippen LogP) is 1.83. The minimum Gasteiger partial charge on any atom is -0.444 e. The summed E-state index contributed by atoms with van der Waals surface area (Å²) < 4.78 is 5.67. The van der Waals surface area contributed by atoms with Gasteiger partial charge in [-0.2, -0.15) is 0 Å². The van der Waals surface area contributed by atoms with Crippen molar-refractivity contribution in [2.24, 2.45) is 0 Å². The van der Waals surface area contributed by atoms with Gasteiger partial charge in [-0.15, -0.1) is 0 Å². The molecule has 0 atom stereocenters. The van der Waals surface area contributed by atoms with Gasteiger partial charge in [-0.25, -0.2) is 9.97 Å². The molecule has 7 heteroatoms. The van der Waals surface area contributed by atoms with Crippen molar-refractivity contribution in [1.29, 1.82) is 0 Å². The Labute approximate surface area is 119 Å². The molecule has 6 nitrogen and oxygen atoms in total. The number of hydrogen-bond donors (Lipinski definition) is 1. The summed E-state index contributed by atoms with van der Waals surface area (Å²) in [5.41, 5.74) is 0. The molecule has 2 aromatic heterocycles. The summed E-state index contributed by atoms with van der Waals surface area (Å²) in [6.45, 7) is 0.249. The first kappa shape index (κ1) is 13.5. The molecule has 0 radical (unpaired) electrons. The molecule has 0 fully saturated rings. The summed E-state index contributed by atoms with van der Waals surface area (Å²) in [7, 11) is 3.79. The van der Waals surface area contributed by atoms with E-state index in [-0.39, 0.29) is 18.2 Å². The third-order valence-electron chi connectivity index (χ3n) is 2.35. The monoisotopic (exact) mass is 324 g/mol. The molecule has 0 saturated carbocycles. The van der Waals surface area contributed by atoms with Crippen molar-refractivity contribution in [3.05, 3.63) is 40.7 Å². The molecule has 0 aliphatic heterocycles. The summed E-state index contributed by atoms with van der Waals surface area (Å²) in [6, 6.07) is 5.06. The number of halogens is 1. The average Bonchev–Trinajstić information content (AvgIpc) is 2.83. The molecule has 100 valence electrons. The number of rotatable bonds is 4. The predicted molar refractivity (Wildman–Crippen MR) is 73.9 cm³/mol. The molecular formula is C12H13BrN4O2. The molecule has 0 aromatic carbocycles. The highest BCUT2D eigenvalue weighted by molar-refractivity contribution is 9.10. The summed E-state index contributed by atoms with van der Waals surface area (Å²) in [5.74, 6) is 1.28. The van der Waals surface area contributed by atoms with Gasteiger partial charge in [0.05, 0.1) is 6.54 Å². The normalized spacial score (nSPS) is 10.3. The van der Waals surface area contributed by atoms with Crippen molar-refractivity contribution in [3.8, 4) is 0 Å². The number of anilines is 1. The van der Waals surface area contributed by atoms with E-state index in [0.717, 1.165) is 5.82 Å². The molecule has 0 saturated heterocycles. The second-order valence-electron chi connectivity index (χ2n) is 4.01. The zero-order valence-electron chi connectivity index (χ0n) is 10.6. The van der Waals surface area contributed by atoms with Gasteiger partial charge in [-0.05, 0) is 34.1 Å². The van der Waals surface area contributed by atoms with E-state index in [1.807, 2.05) is 19.0 Å². The van der Waals surface area contributed by atoms with E-state index in [1.165, 1.54) is 0 Å². The van der Waals surface area contributed by atoms with Crippen molar-refractivity contribution in [3.63, 3.8) is 0 Å². The van der Waals surface area contributed by atoms with Crippen LogP contribution in [0.2, 0.25) is 0 Å². The Morgan fingerprint density at radius 1 is 1.42 bits per heavy atom. The third-order valence-corrected chi connectivity index (χ3v) is 2.78. The van der Waals surface area contributed by atoms with E-state index in [9.17, 15) is 4.79 Å². The Balaban J connectivity index is 1.99. The van der Waals surface area contributed by atoms with Crippen LogP contribution in [0.15, 0.2) is 33.5 Å². The van der Waals surface area contributed by atoms with E-state index in [2.05, 4.69) is 31.2 Å². The van der Waals surface area contributed by atoms with E-state index >= 15 is 0 Å². The van der Waals surface area contributed by atoms with Crippen LogP contribution in [0.5, 0.6) is 0 Å². The molecule has 1 amide bonds. The van der Waals surface area contributed by atoms with Crippen molar-refractivity contribution in [2.75, 3.05) is 19.0 Å². The highest BCUT2D eigenvalue weighted by Crippen LogP contribution is 2.13. The number of hydrogen-bond acceptors (Lipinski definition) is 5. The van der Waals surface area contributed by atoms with Crippen LogP contribution in [0.25, 0.3) is 0 Å². The van der Waals surface area contributed by atoms with Crippen molar-refractivity contribution in [2.45, 2.75) is 6.54 Å². The molecule has 19 heavy (non-hydrogen) atoms. The van der Waals surface area contributed by atoms with E-state index < -0.39 is 0 Å². The molecule has 2 aromatic rings. The van der Waals surface area contributed by atoms with Gasteiger partial charge in [0.1, 0.15) is 11.6 Å². The number of furan rings is 1. The lowest BCUT2D eigenvalue weighted by atomic mass is 10.4. The molecule has 0 spiro atoms. The van der Waals surface area contributed by atoms with Gasteiger partial charge in [0.15, 0.2) is 10.4 Å². The molecule has 2 rings (SSSR count). The second-order valence-corrected chi connectivity index (χ2v) is 4.79. The maximum atomic E-state index is 11.8. The minimum absolute atomic E-state index is 0.246. The number of aromatic nitrogens is 2. The van der Waals surface area contributed by atoms with Crippen LogP contribution in [0.4, 0.5) is 5.82 Å². The maximum absolute atomic E-state index is 11.8. The fourth-order valence-electron chi connectivity index (χ4n) is 1.41. The second kappa shape index (κ2) is 5.83. The fraction of sp³-hybridized carbons (Fsp3) is 0.250. The van der Waals surface area contributed by atoms with E-state index in [4.69, 9.17) is 4.42 Å². The van der Waals surface area contributed by atoms with Crippen LogP contribution in [0.1, 0.15) is 16.4 Å². The molecule has 0 unspecified atom stereocenters. The first-order valence-electron chi connectivity index (χ1n) is 5.59. The standard InChI is InChI=1S/C12H13BrN4O2/c1-17(2)11-5-6-14-10(16-11)7-15-12(18)8-3-4-9(13)19-8/h3-6H,7H2,1-2H3,(H,15,18). The SMILES string of the molecule is CN(C)c1ccnc(CNC(=O)c2ccc(Br)o2)n1. The zero-order chi connectivity index (χ0) is 13.8. The van der Waals surface area contributed by atoms with Crippen molar-refractivity contribution < 1.29 is 9.21 Å². The highest BCUT2D eigenvalue weighted by Gasteiger charge is 2.10. The number of carbonyl (C=O) groups excluding carboxylic acids is 1. The summed E-state index contributed by atoms with van der Waals surface area (Å²) in [6.07, 6.45) is 1.66. The quantitative estimate of drug-likeness (QED) is 0.929. The third kappa shape index (κ3) is 3.54. The first-order chi connectivity index (χ1) is 9.06. The van der Waals surface area contributed by atoms with Crippen LogP contribution >= 0.6 is 15.9 Å². The van der Waals surface area contributed by atoms with Gasteiger partial charge in [-0.1, -0.05) is 0 Å². The van der Waals surface area contributed by atoms with E-state index in [0.29, 0.717) is 10.5 Å². The van der Waals surface area contributed by atoms with Crippen LogP contribution < -0.4 is 10.2 Å². The Morgan fingerprint density at radius 2 is 2.21 bits per heavy atom. The minimum atomic E-state index is -0.301. The van der Waals surface area contributed by atoms with Crippen LogP contribution in [-0.2, 0) is 6.54 Å². The zero-order valence-corrected chi connectivity index (χ0v) is 12.1. The van der Waals surface area contributed by atoms with Crippen molar-refractivity contribution in [1.82, 2.24) is 15.3 Å². The number of nitrogens with one attached hydrogen (secondary N) is 1. The highest BCUT2D eigenvalue weighted by atomic mass is 79.9. The Hall–Kier alpha value is -1.89. The Kier molecular flexibility index (Phi) is 4.16. The Morgan fingerprint density at radius 3 is 2.84 bits per heavy atom.